The van der Waals surface area contributed by atoms with Gasteiger partial charge in [0.1, 0.15) is 5.82 Å². The SMILES string of the molecule is COC(=O)c1cc(NCCCN(C)C)c(F)cc1N. The second-order valence-electron chi connectivity index (χ2n) is 4.49. The van der Waals surface area contributed by atoms with E-state index in [2.05, 4.69) is 10.1 Å². The van der Waals surface area contributed by atoms with Crippen LogP contribution in [0.25, 0.3) is 0 Å². The summed E-state index contributed by atoms with van der Waals surface area (Å²) in [7, 11) is 5.20. The number of rotatable bonds is 6. The van der Waals surface area contributed by atoms with Crippen LogP contribution >= 0.6 is 0 Å². The minimum atomic E-state index is -0.575. The molecule has 0 heterocycles. The lowest BCUT2D eigenvalue weighted by atomic mass is 10.1. The second kappa shape index (κ2) is 6.94. The summed E-state index contributed by atoms with van der Waals surface area (Å²) < 4.78 is 18.3. The summed E-state index contributed by atoms with van der Waals surface area (Å²) in [5.41, 5.74) is 6.08. The highest BCUT2D eigenvalue weighted by Gasteiger charge is 2.14. The predicted octanol–water partition coefficient (Wildman–Crippen LogP) is 1.56. The van der Waals surface area contributed by atoms with Crippen molar-refractivity contribution in [3.05, 3.63) is 23.5 Å². The lowest BCUT2D eigenvalue weighted by molar-refractivity contribution is 0.0602. The van der Waals surface area contributed by atoms with Gasteiger partial charge in [-0.05, 0) is 39.2 Å². The molecule has 0 saturated heterocycles. The number of benzene rings is 1. The smallest absolute Gasteiger partial charge is 0.340 e. The molecule has 0 aromatic heterocycles. The molecule has 0 aliphatic carbocycles. The predicted molar refractivity (Wildman–Crippen MR) is 73.8 cm³/mol. The summed E-state index contributed by atoms with van der Waals surface area (Å²) in [5.74, 6) is -1.05. The van der Waals surface area contributed by atoms with Crippen molar-refractivity contribution in [2.75, 3.05) is 45.3 Å². The summed E-state index contributed by atoms with van der Waals surface area (Å²) in [4.78, 5) is 13.5. The number of anilines is 2. The Hall–Kier alpha value is -1.82. The summed E-state index contributed by atoms with van der Waals surface area (Å²) in [6.45, 7) is 1.51. The van der Waals surface area contributed by atoms with Gasteiger partial charge in [0, 0.05) is 12.2 Å². The first kappa shape index (κ1) is 15.2. The number of nitrogen functional groups attached to an aromatic ring is 1. The van der Waals surface area contributed by atoms with Gasteiger partial charge >= 0.3 is 5.97 Å². The van der Waals surface area contributed by atoms with E-state index in [9.17, 15) is 9.18 Å². The molecule has 5 nitrogen and oxygen atoms in total. The van der Waals surface area contributed by atoms with Crippen molar-refractivity contribution in [2.45, 2.75) is 6.42 Å². The molecule has 19 heavy (non-hydrogen) atoms. The molecule has 0 fully saturated rings. The van der Waals surface area contributed by atoms with Crippen molar-refractivity contribution in [1.82, 2.24) is 4.90 Å². The van der Waals surface area contributed by atoms with Crippen LogP contribution in [0.15, 0.2) is 12.1 Å². The average molecular weight is 269 g/mol. The summed E-state index contributed by atoms with van der Waals surface area (Å²) in [6, 6.07) is 2.51. The number of hydrogen-bond acceptors (Lipinski definition) is 5. The third kappa shape index (κ3) is 4.40. The number of halogens is 1. The van der Waals surface area contributed by atoms with Crippen LogP contribution in [0.3, 0.4) is 0 Å². The molecule has 106 valence electrons. The fraction of sp³-hybridized carbons (Fsp3) is 0.462. The van der Waals surface area contributed by atoms with Crippen molar-refractivity contribution in [3.8, 4) is 0 Å². The first-order chi connectivity index (χ1) is 8.95. The maximum atomic E-state index is 13.7. The number of hydrogen-bond donors (Lipinski definition) is 2. The zero-order valence-electron chi connectivity index (χ0n) is 11.5. The Morgan fingerprint density at radius 1 is 1.47 bits per heavy atom. The normalized spacial score (nSPS) is 10.6. The topological polar surface area (TPSA) is 67.6 Å². The Bertz CT molecular complexity index is 450. The van der Waals surface area contributed by atoms with Gasteiger partial charge in [-0.2, -0.15) is 0 Å². The molecular formula is C13H20FN3O2. The van der Waals surface area contributed by atoms with Gasteiger partial charge < -0.3 is 20.7 Å². The Labute approximate surface area is 112 Å². The Morgan fingerprint density at radius 2 is 2.16 bits per heavy atom. The zero-order chi connectivity index (χ0) is 14.4. The zero-order valence-corrected chi connectivity index (χ0v) is 11.5. The molecule has 0 saturated carbocycles. The number of nitrogens with two attached hydrogens (primary N) is 1. The van der Waals surface area contributed by atoms with Gasteiger partial charge in [-0.1, -0.05) is 0 Å². The number of methoxy groups -OCH3 is 1. The van der Waals surface area contributed by atoms with Crippen molar-refractivity contribution in [2.24, 2.45) is 0 Å². The van der Waals surface area contributed by atoms with Crippen molar-refractivity contribution < 1.29 is 13.9 Å². The molecule has 0 unspecified atom stereocenters. The molecule has 0 atom stereocenters. The van der Waals surface area contributed by atoms with Gasteiger partial charge in [0.05, 0.1) is 18.4 Å². The van der Waals surface area contributed by atoms with E-state index in [1.165, 1.54) is 13.2 Å². The molecule has 3 N–H and O–H groups in total. The molecule has 0 aliphatic rings. The van der Waals surface area contributed by atoms with E-state index in [0.717, 1.165) is 19.0 Å². The van der Waals surface area contributed by atoms with E-state index in [-0.39, 0.29) is 16.9 Å². The monoisotopic (exact) mass is 269 g/mol. The molecule has 1 aromatic carbocycles. The Balaban J connectivity index is 2.75. The molecule has 0 radical (unpaired) electrons. The number of carbonyl (C=O) groups excluding carboxylic acids is 1. The summed E-state index contributed by atoms with van der Waals surface area (Å²) in [6.07, 6.45) is 0.865. The van der Waals surface area contributed by atoms with Crippen LogP contribution in [0.2, 0.25) is 0 Å². The molecular weight excluding hydrogens is 249 g/mol. The number of esters is 1. The second-order valence-corrected chi connectivity index (χ2v) is 4.49. The van der Waals surface area contributed by atoms with E-state index in [4.69, 9.17) is 5.73 Å². The largest absolute Gasteiger partial charge is 0.465 e. The van der Waals surface area contributed by atoms with Crippen LogP contribution in [0.4, 0.5) is 15.8 Å². The van der Waals surface area contributed by atoms with Crippen LogP contribution in [0.1, 0.15) is 16.8 Å². The molecule has 1 aromatic rings. The Kier molecular flexibility index (Phi) is 5.57. The molecule has 0 bridgehead atoms. The highest BCUT2D eigenvalue weighted by molar-refractivity contribution is 5.96. The lowest BCUT2D eigenvalue weighted by Crippen LogP contribution is -2.17. The van der Waals surface area contributed by atoms with E-state index in [1.54, 1.807) is 0 Å². The maximum absolute atomic E-state index is 13.7. The van der Waals surface area contributed by atoms with Crippen LogP contribution in [0.5, 0.6) is 0 Å². The van der Waals surface area contributed by atoms with Gasteiger partial charge in [0.15, 0.2) is 0 Å². The van der Waals surface area contributed by atoms with Gasteiger partial charge in [0.2, 0.25) is 0 Å². The van der Waals surface area contributed by atoms with Gasteiger partial charge in [-0.15, -0.1) is 0 Å². The third-order valence-electron chi connectivity index (χ3n) is 2.64. The minimum absolute atomic E-state index is 0.0724. The summed E-state index contributed by atoms with van der Waals surface area (Å²) in [5, 5.41) is 2.95. The summed E-state index contributed by atoms with van der Waals surface area (Å²) >= 11 is 0. The van der Waals surface area contributed by atoms with Crippen molar-refractivity contribution in [3.63, 3.8) is 0 Å². The van der Waals surface area contributed by atoms with E-state index in [1.807, 2.05) is 19.0 Å². The fourth-order valence-corrected chi connectivity index (χ4v) is 1.63. The van der Waals surface area contributed by atoms with Crippen LogP contribution in [-0.4, -0.2) is 45.2 Å². The number of nitrogens with zero attached hydrogens (tertiary/aromatic N) is 1. The van der Waals surface area contributed by atoms with Crippen LogP contribution in [0, 0.1) is 5.82 Å². The van der Waals surface area contributed by atoms with Crippen LogP contribution < -0.4 is 11.1 Å². The molecule has 1 rings (SSSR count). The standard InChI is InChI=1S/C13H20FN3O2/c1-17(2)6-4-5-16-12-7-9(13(18)19-3)11(15)8-10(12)14/h7-8,16H,4-6,15H2,1-3H3. The van der Waals surface area contributed by atoms with Crippen molar-refractivity contribution in [1.29, 1.82) is 0 Å². The van der Waals surface area contributed by atoms with Crippen molar-refractivity contribution >= 4 is 17.3 Å². The third-order valence-corrected chi connectivity index (χ3v) is 2.64. The van der Waals surface area contributed by atoms with Gasteiger partial charge in [-0.25, -0.2) is 9.18 Å². The maximum Gasteiger partial charge on any atom is 0.340 e. The van der Waals surface area contributed by atoms with E-state index >= 15 is 0 Å². The number of ether oxygens (including phenoxy) is 1. The molecule has 6 heteroatoms. The minimum Gasteiger partial charge on any atom is -0.465 e. The quantitative estimate of drug-likeness (QED) is 0.466. The Morgan fingerprint density at radius 3 is 2.74 bits per heavy atom. The molecule has 0 amide bonds. The van der Waals surface area contributed by atoms with E-state index in [0.29, 0.717) is 6.54 Å². The fourth-order valence-electron chi connectivity index (χ4n) is 1.63. The van der Waals surface area contributed by atoms with Gasteiger partial charge in [0.25, 0.3) is 0 Å². The number of carbonyl (C=O) groups is 1. The average Bonchev–Trinajstić information content (AvgIpc) is 2.35. The highest BCUT2D eigenvalue weighted by Crippen LogP contribution is 2.22. The first-order valence-corrected chi connectivity index (χ1v) is 6.01. The lowest BCUT2D eigenvalue weighted by Gasteiger charge is -2.13. The molecule has 0 spiro atoms. The highest BCUT2D eigenvalue weighted by atomic mass is 19.1. The first-order valence-electron chi connectivity index (χ1n) is 6.01. The number of nitrogens with one attached hydrogen (secondary N) is 1. The van der Waals surface area contributed by atoms with E-state index < -0.39 is 11.8 Å². The van der Waals surface area contributed by atoms with Crippen LogP contribution in [-0.2, 0) is 4.74 Å². The molecule has 0 aliphatic heterocycles. The van der Waals surface area contributed by atoms with Gasteiger partial charge in [-0.3, -0.25) is 0 Å².